The number of hydrogen-bond acceptors (Lipinski definition) is 5. The van der Waals surface area contributed by atoms with Crippen molar-refractivity contribution in [3.05, 3.63) is 47.7 Å². The summed E-state index contributed by atoms with van der Waals surface area (Å²) in [6.07, 6.45) is 2.02. The molecule has 0 spiro atoms. The first-order valence-electron chi connectivity index (χ1n) is 8.69. The lowest BCUT2D eigenvalue weighted by Crippen LogP contribution is -2.38. The molecule has 1 aliphatic rings. The average Bonchev–Trinajstić information content (AvgIpc) is 3.14. The minimum atomic E-state index is -0.106. The summed E-state index contributed by atoms with van der Waals surface area (Å²) in [5, 5.41) is 9.09. The second-order valence-electron chi connectivity index (χ2n) is 6.06. The van der Waals surface area contributed by atoms with Crippen molar-refractivity contribution in [2.24, 2.45) is 4.99 Å². The summed E-state index contributed by atoms with van der Waals surface area (Å²) in [5.74, 6) is 2.57. The molecule has 3 N–H and O–H groups in total. The molecule has 8 nitrogen and oxygen atoms in total. The third-order valence-corrected chi connectivity index (χ3v) is 3.94. The number of carbonyl (C=O) groups excluding carboxylic acids is 1. The number of ether oxygens (including phenoxy) is 2. The molecule has 0 saturated heterocycles. The number of guanidine groups is 1. The standard InChI is InChI=1S/C19H23N5O3/c1-13-3-6-17(22-10-13)24-18(25)7-8-21-19(20-2)23-11-14-4-5-15-16(9-14)27-12-26-15/h3-6,9-10H,7-8,11-12H2,1-2H3,(H2,20,21,23)(H,22,24,25). The molecule has 0 radical (unpaired) electrons. The van der Waals surface area contributed by atoms with E-state index in [9.17, 15) is 4.79 Å². The third kappa shape index (κ3) is 5.34. The lowest BCUT2D eigenvalue weighted by atomic mass is 10.2. The largest absolute Gasteiger partial charge is 0.454 e. The van der Waals surface area contributed by atoms with Gasteiger partial charge in [-0.2, -0.15) is 0 Å². The van der Waals surface area contributed by atoms with Gasteiger partial charge in [0.25, 0.3) is 0 Å². The molecule has 1 aromatic carbocycles. The summed E-state index contributed by atoms with van der Waals surface area (Å²) in [7, 11) is 1.69. The van der Waals surface area contributed by atoms with Crippen LogP contribution >= 0.6 is 0 Å². The number of aryl methyl sites for hydroxylation is 1. The van der Waals surface area contributed by atoms with Crippen molar-refractivity contribution >= 4 is 17.7 Å². The summed E-state index contributed by atoms with van der Waals surface area (Å²) in [4.78, 5) is 20.3. The molecule has 1 aromatic heterocycles. The fourth-order valence-electron chi connectivity index (χ4n) is 2.50. The predicted octanol–water partition coefficient (Wildman–Crippen LogP) is 1.81. The monoisotopic (exact) mass is 369 g/mol. The van der Waals surface area contributed by atoms with E-state index in [1.807, 2.05) is 31.2 Å². The number of nitrogens with zero attached hydrogens (tertiary/aromatic N) is 2. The number of hydrogen-bond donors (Lipinski definition) is 3. The Morgan fingerprint density at radius 3 is 2.81 bits per heavy atom. The van der Waals surface area contributed by atoms with E-state index in [2.05, 4.69) is 25.9 Å². The Morgan fingerprint density at radius 1 is 1.19 bits per heavy atom. The quantitative estimate of drug-likeness (QED) is 0.531. The number of amides is 1. The SMILES string of the molecule is CN=C(NCCC(=O)Nc1ccc(C)cn1)NCc1ccc2c(c1)OCO2. The molecule has 3 rings (SSSR count). The maximum atomic E-state index is 12.0. The molecule has 2 heterocycles. The first kappa shape index (κ1) is 18.5. The second-order valence-corrected chi connectivity index (χ2v) is 6.06. The lowest BCUT2D eigenvalue weighted by molar-refractivity contribution is -0.116. The van der Waals surface area contributed by atoms with Gasteiger partial charge in [0.15, 0.2) is 17.5 Å². The number of aliphatic imine (C=N–C) groups is 1. The normalized spacial score (nSPS) is 12.6. The Balaban J connectivity index is 1.40. The number of fused-ring (bicyclic) bond motifs is 1. The molecule has 8 heteroatoms. The van der Waals surface area contributed by atoms with Crippen molar-refractivity contribution < 1.29 is 14.3 Å². The molecule has 0 bridgehead atoms. The first-order chi connectivity index (χ1) is 13.1. The van der Waals surface area contributed by atoms with Crippen LogP contribution in [-0.2, 0) is 11.3 Å². The highest BCUT2D eigenvalue weighted by molar-refractivity contribution is 5.90. The van der Waals surface area contributed by atoms with Gasteiger partial charge in [-0.1, -0.05) is 12.1 Å². The summed E-state index contributed by atoms with van der Waals surface area (Å²) in [6, 6.07) is 9.48. The number of anilines is 1. The highest BCUT2D eigenvalue weighted by atomic mass is 16.7. The van der Waals surface area contributed by atoms with E-state index in [0.29, 0.717) is 31.3 Å². The van der Waals surface area contributed by atoms with Crippen LogP contribution in [0.25, 0.3) is 0 Å². The summed E-state index contributed by atoms with van der Waals surface area (Å²) in [5.41, 5.74) is 2.09. The van der Waals surface area contributed by atoms with Crippen LogP contribution in [0.3, 0.4) is 0 Å². The van der Waals surface area contributed by atoms with Crippen LogP contribution < -0.4 is 25.4 Å². The van der Waals surface area contributed by atoms with Gasteiger partial charge in [0, 0.05) is 32.8 Å². The Morgan fingerprint density at radius 2 is 2.04 bits per heavy atom. The zero-order valence-electron chi connectivity index (χ0n) is 15.4. The van der Waals surface area contributed by atoms with Crippen LogP contribution in [0.1, 0.15) is 17.5 Å². The van der Waals surface area contributed by atoms with Gasteiger partial charge in [-0.15, -0.1) is 0 Å². The van der Waals surface area contributed by atoms with E-state index in [-0.39, 0.29) is 12.7 Å². The van der Waals surface area contributed by atoms with Gasteiger partial charge in [0.2, 0.25) is 12.7 Å². The van der Waals surface area contributed by atoms with E-state index in [4.69, 9.17) is 9.47 Å². The van der Waals surface area contributed by atoms with Crippen LogP contribution in [0.5, 0.6) is 11.5 Å². The molecule has 0 atom stereocenters. The lowest BCUT2D eigenvalue weighted by Gasteiger charge is -2.12. The predicted molar refractivity (Wildman–Crippen MR) is 103 cm³/mol. The molecular formula is C19H23N5O3. The maximum absolute atomic E-state index is 12.0. The van der Waals surface area contributed by atoms with Gasteiger partial charge in [0.1, 0.15) is 5.82 Å². The Hall–Kier alpha value is -3.29. The van der Waals surface area contributed by atoms with Crippen molar-refractivity contribution in [3.8, 4) is 11.5 Å². The molecule has 2 aromatic rings. The molecule has 0 unspecified atom stereocenters. The van der Waals surface area contributed by atoms with Crippen molar-refractivity contribution in [2.45, 2.75) is 19.9 Å². The fourth-order valence-corrected chi connectivity index (χ4v) is 2.50. The number of aromatic nitrogens is 1. The van der Waals surface area contributed by atoms with Crippen molar-refractivity contribution in [2.75, 3.05) is 25.7 Å². The van der Waals surface area contributed by atoms with Gasteiger partial charge in [0.05, 0.1) is 0 Å². The summed E-state index contributed by atoms with van der Waals surface area (Å²) < 4.78 is 10.7. The number of pyridine rings is 1. The van der Waals surface area contributed by atoms with E-state index in [0.717, 1.165) is 22.6 Å². The zero-order chi connectivity index (χ0) is 19.1. The number of benzene rings is 1. The molecule has 1 amide bonds. The van der Waals surface area contributed by atoms with Crippen molar-refractivity contribution in [1.29, 1.82) is 0 Å². The minimum Gasteiger partial charge on any atom is -0.454 e. The Labute approximate surface area is 158 Å². The number of carbonyl (C=O) groups is 1. The molecule has 142 valence electrons. The third-order valence-electron chi connectivity index (χ3n) is 3.94. The van der Waals surface area contributed by atoms with E-state index in [1.54, 1.807) is 19.3 Å². The van der Waals surface area contributed by atoms with Crippen molar-refractivity contribution in [3.63, 3.8) is 0 Å². The molecule has 1 aliphatic heterocycles. The minimum absolute atomic E-state index is 0.106. The molecule has 0 aliphatic carbocycles. The summed E-state index contributed by atoms with van der Waals surface area (Å²) >= 11 is 0. The van der Waals surface area contributed by atoms with Crippen LogP contribution in [-0.4, -0.2) is 37.2 Å². The smallest absolute Gasteiger partial charge is 0.231 e. The highest BCUT2D eigenvalue weighted by Gasteiger charge is 2.13. The molecular weight excluding hydrogens is 346 g/mol. The Kier molecular flexibility index (Phi) is 6.09. The number of nitrogens with one attached hydrogen (secondary N) is 3. The average molecular weight is 369 g/mol. The first-order valence-corrected chi connectivity index (χ1v) is 8.69. The van der Waals surface area contributed by atoms with Gasteiger partial charge >= 0.3 is 0 Å². The highest BCUT2D eigenvalue weighted by Crippen LogP contribution is 2.32. The Bertz CT molecular complexity index is 821. The van der Waals surface area contributed by atoms with E-state index >= 15 is 0 Å². The molecule has 0 fully saturated rings. The molecule has 0 saturated carbocycles. The van der Waals surface area contributed by atoms with Crippen LogP contribution in [0.4, 0.5) is 5.82 Å². The molecule has 27 heavy (non-hydrogen) atoms. The van der Waals surface area contributed by atoms with E-state index in [1.165, 1.54) is 0 Å². The van der Waals surface area contributed by atoms with Gasteiger partial charge in [-0.05, 0) is 36.2 Å². The maximum Gasteiger partial charge on any atom is 0.231 e. The van der Waals surface area contributed by atoms with Gasteiger partial charge in [-0.3, -0.25) is 9.79 Å². The van der Waals surface area contributed by atoms with E-state index < -0.39 is 0 Å². The number of rotatable bonds is 6. The zero-order valence-corrected chi connectivity index (χ0v) is 15.4. The van der Waals surface area contributed by atoms with Crippen LogP contribution in [0.15, 0.2) is 41.5 Å². The van der Waals surface area contributed by atoms with Crippen LogP contribution in [0, 0.1) is 6.92 Å². The fraction of sp³-hybridized carbons (Fsp3) is 0.316. The summed E-state index contributed by atoms with van der Waals surface area (Å²) in [6.45, 7) is 3.24. The second kappa shape index (κ2) is 8.88. The van der Waals surface area contributed by atoms with Crippen molar-refractivity contribution in [1.82, 2.24) is 15.6 Å². The van der Waals surface area contributed by atoms with Crippen LogP contribution in [0.2, 0.25) is 0 Å². The topological polar surface area (TPSA) is 96.9 Å². The van der Waals surface area contributed by atoms with Gasteiger partial charge in [-0.25, -0.2) is 4.98 Å². The van der Waals surface area contributed by atoms with Gasteiger partial charge < -0.3 is 25.4 Å².